The maximum atomic E-state index is 12.6. The smallest absolute Gasteiger partial charge is 0.357 e. The van der Waals surface area contributed by atoms with Gasteiger partial charge in [-0.05, 0) is 6.07 Å². The van der Waals surface area contributed by atoms with Gasteiger partial charge in [0.2, 0.25) is 6.10 Å². The van der Waals surface area contributed by atoms with Crippen molar-refractivity contribution in [1.29, 1.82) is 0 Å². The van der Waals surface area contributed by atoms with Gasteiger partial charge in [0.1, 0.15) is 5.69 Å². The molecule has 0 spiro atoms. The number of fused-ring (bicyclic) bond motifs is 1. The fourth-order valence-electron chi connectivity index (χ4n) is 2.54. The van der Waals surface area contributed by atoms with Gasteiger partial charge in [0.15, 0.2) is 0 Å². The van der Waals surface area contributed by atoms with Crippen molar-refractivity contribution in [2.75, 3.05) is 14.1 Å². The third-order valence-electron chi connectivity index (χ3n) is 3.84. The van der Waals surface area contributed by atoms with Crippen LogP contribution >= 0.6 is 11.6 Å². The van der Waals surface area contributed by atoms with E-state index in [1.165, 1.54) is 4.90 Å². The van der Waals surface area contributed by atoms with Crippen LogP contribution in [0.3, 0.4) is 0 Å². The molecule has 0 aliphatic carbocycles. The number of carbonyl (C=O) groups excluding carboxylic acids is 2. The topological polar surface area (TPSA) is 62.4 Å². The monoisotopic (exact) mass is 356 g/mol. The van der Waals surface area contributed by atoms with Crippen molar-refractivity contribution < 1.29 is 14.3 Å². The van der Waals surface area contributed by atoms with Crippen LogP contribution in [0.4, 0.5) is 0 Å². The van der Waals surface area contributed by atoms with Crippen LogP contribution in [0.5, 0.6) is 0 Å². The van der Waals surface area contributed by atoms with E-state index in [0.29, 0.717) is 5.56 Å². The Kier molecular flexibility index (Phi) is 4.76. The normalized spacial score (nSPS) is 12.0. The molecular formula is C19H17ClN2O3. The maximum Gasteiger partial charge on any atom is 0.357 e. The summed E-state index contributed by atoms with van der Waals surface area (Å²) in [7, 11) is 3.23. The fraction of sp³-hybridized carbons (Fsp3) is 0.158. The van der Waals surface area contributed by atoms with Gasteiger partial charge in [-0.25, -0.2) is 4.79 Å². The molecule has 0 aliphatic heterocycles. The van der Waals surface area contributed by atoms with Crippen LogP contribution in [0.25, 0.3) is 10.9 Å². The molecule has 1 amide bonds. The summed E-state index contributed by atoms with van der Waals surface area (Å²) in [6, 6.07) is 16.2. The van der Waals surface area contributed by atoms with Gasteiger partial charge in [0.05, 0.1) is 5.02 Å². The second-order valence-electron chi connectivity index (χ2n) is 5.79. The quantitative estimate of drug-likeness (QED) is 0.723. The molecule has 0 radical (unpaired) electrons. The first-order valence-corrected chi connectivity index (χ1v) is 8.10. The number of benzene rings is 2. The highest BCUT2D eigenvalue weighted by atomic mass is 35.5. The number of nitrogens with one attached hydrogen (secondary N) is 1. The Labute approximate surface area is 150 Å². The van der Waals surface area contributed by atoms with E-state index in [9.17, 15) is 9.59 Å². The van der Waals surface area contributed by atoms with Crippen LogP contribution in [0.2, 0.25) is 5.02 Å². The summed E-state index contributed by atoms with van der Waals surface area (Å²) in [5, 5.41) is 1.01. The zero-order chi connectivity index (χ0) is 18.0. The Bertz CT molecular complexity index is 919. The van der Waals surface area contributed by atoms with Crippen molar-refractivity contribution in [1.82, 2.24) is 9.88 Å². The standard InChI is InChI=1S/C19H17ClN2O3/c1-22(2)18(23)17(12-8-4-3-5-9-12)25-19(24)16-15(20)13-10-6-7-11-14(13)21-16/h3-11,17,21H,1-2H3/t17-/m0/s1. The van der Waals surface area contributed by atoms with Crippen LogP contribution in [-0.4, -0.2) is 35.9 Å². The lowest BCUT2D eigenvalue weighted by Gasteiger charge is -2.21. The average molecular weight is 357 g/mol. The molecule has 0 unspecified atom stereocenters. The highest BCUT2D eigenvalue weighted by Crippen LogP contribution is 2.29. The number of carbonyl (C=O) groups is 2. The van der Waals surface area contributed by atoms with Crippen molar-refractivity contribution in [2.45, 2.75) is 6.10 Å². The molecule has 1 aromatic heterocycles. The summed E-state index contributed by atoms with van der Waals surface area (Å²) in [6.07, 6.45) is -1.04. The summed E-state index contributed by atoms with van der Waals surface area (Å²) in [5.41, 5.74) is 1.46. The predicted octanol–water partition coefficient (Wildman–Crippen LogP) is 3.81. The molecule has 3 rings (SSSR count). The number of aromatic nitrogens is 1. The summed E-state index contributed by atoms with van der Waals surface area (Å²) < 4.78 is 5.51. The van der Waals surface area contributed by atoms with Gasteiger partial charge < -0.3 is 14.6 Å². The Morgan fingerprint density at radius 3 is 2.32 bits per heavy atom. The Morgan fingerprint density at radius 2 is 1.68 bits per heavy atom. The second-order valence-corrected chi connectivity index (χ2v) is 6.17. The van der Waals surface area contributed by atoms with E-state index in [-0.39, 0.29) is 16.6 Å². The van der Waals surface area contributed by atoms with Gasteiger partial charge in [0, 0.05) is 30.6 Å². The van der Waals surface area contributed by atoms with E-state index in [1.54, 1.807) is 38.4 Å². The van der Waals surface area contributed by atoms with Crippen LogP contribution in [0, 0.1) is 0 Å². The number of nitrogens with zero attached hydrogens (tertiary/aromatic N) is 1. The first-order chi connectivity index (χ1) is 12.0. The van der Waals surface area contributed by atoms with Gasteiger partial charge in [-0.15, -0.1) is 0 Å². The summed E-state index contributed by atoms with van der Waals surface area (Å²) in [6.45, 7) is 0. The Hall–Kier alpha value is -2.79. The number of rotatable bonds is 4. The van der Waals surface area contributed by atoms with Crippen molar-refractivity contribution in [3.8, 4) is 0 Å². The molecule has 0 bridgehead atoms. The van der Waals surface area contributed by atoms with Gasteiger partial charge in [-0.1, -0.05) is 60.1 Å². The molecule has 25 heavy (non-hydrogen) atoms. The number of hydrogen-bond donors (Lipinski definition) is 1. The summed E-state index contributed by atoms with van der Waals surface area (Å²) in [5.74, 6) is -1.00. The molecule has 6 heteroatoms. The number of H-pyrrole nitrogens is 1. The van der Waals surface area contributed by atoms with Gasteiger partial charge >= 0.3 is 5.97 Å². The zero-order valence-corrected chi connectivity index (χ0v) is 14.6. The van der Waals surface area contributed by atoms with Gasteiger partial charge in [-0.2, -0.15) is 0 Å². The lowest BCUT2D eigenvalue weighted by Crippen LogP contribution is -2.31. The van der Waals surface area contributed by atoms with Crippen molar-refractivity contribution in [3.05, 3.63) is 70.9 Å². The molecule has 1 N–H and O–H groups in total. The minimum Gasteiger partial charge on any atom is -0.443 e. The minimum absolute atomic E-state index is 0.135. The minimum atomic E-state index is -1.04. The van der Waals surface area contributed by atoms with Crippen molar-refractivity contribution in [3.63, 3.8) is 0 Å². The molecular weight excluding hydrogens is 340 g/mol. The van der Waals surface area contributed by atoms with E-state index in [0.717, 1.165) is 10.9 Å². The number of esters is 1. The van der Waals surface area contributed by atoms with Gasteiger partial charge in [0.25, 0.3) is 5.91 Å². The largest absolute Gasteiger partial charge is 0.443 e. The van der Waals surface area contributed by atoms with Crippen LogP contribution in [-0.2, 0) is 9.53 Å². The van der Waals surface area contributed by atoms with Crippen LogP contribution in [0.1, 0.15) is 22.2 Å². The number of amides is 1. The molecule has 3 aromatic rings. The SMILES string of the molecule is CN(C)C(=O)[C@@H](OC(=O)c1[nH]c2ccccc2c1Cl)c1ccccc1. The third-order valence-corrected chi connectivity index (χ3v) is 4.23. The zero-order valence-electron chi connectivity index (χ0n) is 13.8. The predicted molar refractivity (Wildman–Crippen MR) is 96.6 cm³/mol. The molecule has 5 nitrogen and oxygen atoms in total. The molecule has 2 aromatic carbocycles. The molecule has 0 aliphatic rings. The molecule has 1 atom stereocenters. The maximum absolute atomic E-state index is 12.6. The second kappa shape index (κ2) is 6.99. The first kappa shape index (κ1) is 17.0. The van der Waals surface area contributed by atoms with E-state index in [4.69, 9.17) is 16.3 Å². The Morgan fingerprint density at radius 1 is 1.04 bits per heavy atom. The van der Waals surface area contributed by atoms with Crippen molar-refractivity contribution in [2.24, 2.45) is 0 Å². The molecule has 1 heterocycles. The summed E-state index contributed by atoms with van der Waals surface area (Å²) in [4.78, 5) is 29.5. The molecule has 0 fully saturated rings. The number of hydrogen-bond acceptors (Lipinski definition) is 3. The highest BCUT2D eigenvalue weighted by Gasteiger charge is 2.28. The summed E-state index contributed by atoms with van der Waals surface area (Å²) >= 11 is 6.30. The Balaban J connectivity index is 1.94. The molecule has 128 valence electrons. The van der Waals surface area contributed by atoms with E-state index >= 15 is 0 Å². The first-order valence-electron chi connectivity index (χ1n) is 7.72. The molecule has 0 saturated carbocycles. The third kappa shape index (κ3) is 3.37. The lowest BCUT2D eigenvalue weighted by molar-refractivity contribution is -0.138. The number of likely N-dealkylation sites (N-methyl/N-ethyl adjacent to an activating group) is 1. The number of halogens is 1. The number of ether oxygens (including phenoxy) is 1. The average Bonchev–Trinajstić information content (AvgIpc) is 2.97. The van der Waals surface area contributed by atoms with E-state index < -0.39 is 12.1 Å². The van der Waals surface area contributed by atoms with E-state index in [2.05, 4.69) is 4.98 Å². The number of para-hydroxylation sites is 1. The van der Waals surface area contributed by atoms with Gasteiger partial charge in [-0.3, -0.25) is 4.79 Å². The fourth-order valence-corrected chi connectivity index (χ4v) is 2.83. The van der Waals surface area contributed by atoms with Crippen LogP contribution < -0.4 is 0 Å². The number of aromatic amines is 1. The lowest BCUT2D eigenvalue weighted by atomic mass is 10.1. The van der Waals surface area contributed by atoms with Crippen LogP contribution in [0.15, 0.2) is 54.6 Å². The molecule has 0 saturated heterocycles. The highest BCUT2D eigenvalue weighted by molar-refractivity contribution is 6.38. The van der Waals surface area contributed by atoms with Crippen molar-refractivity contribution >= 4 is 34.4 Å². The van der Waals surface area contributed by atoms with E-state index in [1.807, 2.05) is 30.3 Å².